The van der Waals surface area contributed by atoms with Gasteiger partial charge in [-0.2, -0.15) is 0 Å². The molecule has 1 amide bonds. The molecule has 0 unspecified atom stereocenters. The van der Waals surface area contributed by atoms with Gasteiger partial charge in [-0.3, -0.25) is 14.8 Å². The quantitative estimate of drug-likeness (QED) is 0.358. The van der Waals surface area contributed by atoms with Gasteiger partial charge in [0.25, 0.3) is 5.91 Å². The maximum absolute atomic E-state index is 11.9. The molecule has 0 aromatic heterocycles. The van der Waals surface area contributed by atoms with Crippen molar-refractivity contribution in [2.24, 2.45) is 5.41 Å². The van der Waals surface area contributed by atoms with E-state index in [2.05, 4.69) is 0 Å². The van der Waals surface area contributed by atoms with Gasteiger partial charge < -0.3 is 4.74 Å². The van der Waals surface area contributed by atoms with E-state index in [0.29, 0.717) is 0 Å². The number of nitrogens with one attached hydrogen (secondary N) is 1. The molecule has 0 aliphatic heterocycles. The second-order valence-corrected chi connectivity index (χ2v) is 4.16. The van der Waals surface area contributed by atoms with Crippen LogP contribution < -0.4 is 5.48 Å². The molecule has 0 saturated carbocycles. The average Bonchev–Trinajstić information content (AvgIpc) is 2.39. The van der Waals surface area contributed by atoms with Crippen LogP contribution in [-0.4, -0.2) is 23.7 Å². The van der Waals surface area contributed by atoms with Gasteiger partial charge in [0.05, 0.1) is 6.61 Å². The maximum atomic E-state index is 11.9. The van der Waals surface area contributed by atoms with Gasteiger partial charge in [-0.15, -0.1) is 0 Å². The van der Waals surface area contributed by atoms with Gasteiger partial charge in [-0.1, -0.05) is 30.3 Å². The lowest BCUT2D eigenvalue weighted by Gasteiger charge is -2.24. The zero-order valence-corrected chi connectivity index (χ0v) is 10.5. The number of carbonyl (C=O) groups is 2. The van der Waals surface area contributed by atoms with Crippen molar-refractivity contribution in [2.75, 3.05) is 6.61 Å². The van der Waals surface area contributed by atoms with Gasteiger partial charge in [0.15, 0.2) is 0 Å². The highest BCUT2D eigenvalue weighted by Crippen LogP contribution is 2.25. The Morgan fingerprint density at radius 2 is 1.94 bits per heavy atom. The molecule has 5 heteroatoms. The van der Waals surface area contributed by atoms with Gasteiger partial charge in [-0.05, 0) is 25.8 Å². The van der Waals surface area contributed by atoms with Crippen LogP contribution >= 0.6 is 0 Å². The molecule has 0 spiro atoms. The summed E-state index contributed by atoms with van der Waals surface area (Å²) in [6.45, 7) is 3.29. The zero-order chi connectivity index (χ0) is 13.6. The van der Waals surface area contributed by atoms with Crippen LogP contribution in [0.15, 0.2) is 30.3 Å². The van der Waals surface area contributed by atoms with Gasteiger partial charge in [-0.25, -0.2) is 5.48 Å². The van der Waals surface area contributed by atoms with Crippen LogP contribution in [0.1, 0.15) is 19.4 Å². The Morgan fingerprint density at radius 1 is 1.33 bits per heavy atom. The molecule has 0 aliphatic carbocycles. The summed E-state index contributed by atoms with van der Waals surface area (Å²) in [7, 11) is 0. The van der Waals surface area contributed by atoms with E-state index in [1.165, 1.54) is 12.4 Å². The first-order valence-electron chi connectivity index (χ1n) is 5.70. The highest BCUT2D eigenvalue weighted by Gasteiger charge is 2.42. The number of hydroxylamine groups is 1. The largest absolute Gasteiger partial charge is 0.465 e. The maximum Gasteiger partial charge on any atom is 0.321 e. The van der Waals surface area contributed by atoms with E-state index < -0.39 is 17.3 Å². The third kappa shape index (κ3) is 3.07. The van der Waals surface area contributed by atoms with E-state index >= 15 is 0 Å². The first-order chi connectivity index (χ1) is 8.54. The summed E-state index contributed by atoms with van der Waals surface area (Å²) in [5, 5.41) is 8.76. The number of ether oxygens (including phenoxy) is 1. The van der Waals surface area contributed by atoms with Crippen molar-refractivity contribution in [1.29, 1.82) is 0 Å². The molecule has 1 aromatic rings. The van der Waals surface area contributed by atoms with Gasteiger partial charge >= 0.3 is 5.97 Å². The van der Waals surface area contributed by atoms with Crippen LogP contribution in [-0.2, 0) is 20.7 Å². The number of hydrogen-bond donors (Lipinski definition) is 2. The number of amides is 1. The summed E-state index contributed by atoms with van der Waals surface area (Å²) in [6, 6.07) is 9.09. The van der Waals surface area contributed by atoms with Crippen molar-refractivity contribution in [2.45, 2.75) is 20.3 Å². The summed E-state index contributed by atoms with van der Waals surface area (Å²) in [5.74, 6) is -1.43. The molecule has 0 heterocycles. The number of benzene rings is 1. The molecule has 0 aliphatic rings. The normalized spacial score (nSPS) is 13.5. The van der Waals surface area contributed by atoms with Crippen LogP contribution in [0.4, 0.5) is 0 Å². The molecule has 2 N–H and O–H groups in total. The van der Waals surface area contributed by atoms with Crippen molar-refractivity contribution in [3.05, 3.63) is 35.9 Å². The van der Waals surface area contributed by atoms with E-state index in [1.54, 1.807) is 6.92 Å². The molecule has 18 heavy (non-hydrogen) atoms. The fourth-order valence-electron chi connectivity index (χ4n) is 1.66. The lowest BCUT2D eigenvalue weighted by Crippen LogP contribution is -2.46. The van der Waals surface area contributed by atoms with E-state index in [4.69, 9.17) is 9.94 Å². The van der Waals surface area contributed by atoms with Gasteiger partial charge in [0.2, 0.25) is 0 Å². The lowest BCUT2D eigenvalue weighted by molar-refractivity contribution is -0.162. The highest BCUT2D eigenvalue weighted by molar-refractivity contribution is 6.02. The summed E-state index contributed by atoms with van der Waals surface area (Å²) in [4.78, 5) is 23.6. The highest BCUT2D eigenvalue weighted by atomic mass is 16.5. The van der Waals surface area contributed by atoms with Gasteiger partial charge in [0, 0.05) is 0 Å². The molecular formula is C13H17NO4. The second kappa shape index (κ2) is 6.16. The lowest BCUT2D eigenvalue weighted by atomic mass is 9.83. The Hall–Kier alpha value is -1.88. The van der Waals surface area contributed by atoms with E-state index in [-0.39, 0.29) is 13.0 Å². The third-order valence-corrected chi connectivity index (χ3v) is 2.73. The average molecular weight is 251 g/mol. The molecule has 5 nitrogen and oxygen atoms in total. The Morgan fingerprint density at radius 3 is 2.44 bits per heavy atom. The minimum absolute atomic E-state index is 0.166. The molecule has 98 valence electrons. The van der Waals surface area contributed by atoms with Crippen LogP contribution in [0.5, 0.6) is 0 Å². The standard InChI is InChI=1S/C13H17NO4/c1-3-18-12(16)13(2,11(15)14-17)9-10-7-5-4-6-8-10/h4-8,17H,3,9H2,1-2H3,(H,14,15)/t13-/m1/s1. The summed E-state index contributed by atoms with van der Waals surface area (Å²) >= 11 is 0. The van der Waals surface area contributed by atoms with Crippen molar-refractivity contribution in [1.82, 2.24) is 5.48 Å². The fraction of sp³-hybridized carbons (Fsp3) is 0.385. The van der Waals surface area contributed by atoms with Crippen molar-refractivity contribution >= 4 is 11.9 Å². The number of esters is 1. The predicted molar refractivity (Wildman–Crippen MR) is 64.8 cm³/mol. The first-order valence-corrected chi connectivity index (χ1v) is 5.70. The van der Waals surface area contributed by atoms with E-state index in [1.807, 2.05) is 30.3 Å². The van der Waals surface area contributed by atoms with E-state index in [0.717, 1.165) is 5.56 Å². The Bertz CT molecular complexity index is 418. The fourth-order valence-corrected chi connectivity index (χ4v) is 1.66. The van der Waals surface area contributed by atoms with Crippen molar-refractivity contribution < 1.29 is 19.5 Å². The van der Waals surface area contributed by atoms with Crippen molar-refractivity contribution in [3.8, 4) is 0 Å². The summed E-state index contributed by atoms with van der Waals surface area (Å²) in [6.07, 6.45) is 0.166. The summed E-state index contributed by atoms with van der Waals surface area (Å²) < 4.78 is 4.89. The zero-order valence-electron chi connectivity index (χ0n) is 10.5. The van der Waals surface area contributed by atoms with Crippen LogP contribution in [0.25, 0.3) is 0 Å². The molecule has 0 saturated heterocycles. The predicted octanol–water partition coefficient (Wildman–Crippen LogP) is 1.30. The topological polar surface area (TPSA) is 75.6 Å². The minimum atomic E-state index is -1.44. The summed E-state index contributed by atoms with van der Waals surface area (Å²) in [5.41, 5.74) is 0.903. The SMILES string of the molecule is CCOC(=O)[C@](C)(Cc1ccccc1)C(=O)NO. The molecule has 0 radical (unpaired) electrons. The number of hydrogen-bond acceptors (Lipinski definition) is 4. The van der Waals surface area contributed by atoms with Crippen molar-refractivity contribution in [3.63, 3.8) is 0 Å². The molecule has 1 rings (SSSR count). The Kier molecular flexibility index (Phi) is 4.85. The Labute approximate surface area is 106 Å². The van der Waals surface area contributed by atoms with Gasteiger partial charge in [0.1, 0.15) is 5.41 Å². The minimum Gasteiger partial charge on any atom is -0.465 e. The van der Waals surface area contributed by atoms with E-state index in [9.17, 15) is 9.59 Å². The second-order valence-electron chi connectivity index (χ2n) is 4.16. The molecule has 1 atom stereocenters. The third-order valence-electron chi connectivity index (χ3n) is 2.73. The first kappa shape index (κ1) is 14.2. The molecule has 0 fully saturated rings. The molecule has 0 bridgehead atoms. The smallest absolute Gasteiger partial charge is 0.321 e. The number of rotatable bonds is 5. The van der Waals surface area contributed by atoms with Crippen LogP contribution in [0.2, 0.25) is 0 Å². The molecular weight excluding hydrogens is 234 g/mol. The molecule has 1 aromatic carbocycles. The Balaban J connectivity index is 2.98. The van der Waals surface area contributed by atoms with Crippen LogP contribution in [0.3, 0.4) is 0 Å². The monoisotopic (exact) mass is 251 g/mol. The number of carbonyl (C=O) groups excluding carboxylic acids is 2. The van der Waals surface area contributed by atoms with Crippen LogP contribution in [0, 0.1) is 5.41 Å².